The summed E-state index contributed by atoms with van der Waals surface area (Å²) in [6.45, 7) is 4.32. The molecule has 0 amide bonds. The Morgan fingerprint density at radius 2 is 0.675 bits per heavy atom. The number of para-hydroxylation sites is 4. The predicted molar refractivity (Wildman–Crippen MR) is 510 cm³/mol. The third-order valence-electron chi connectivity index (χ3n) is 25.1. The number of aromatic nitrogens is 10. The number of imidazole rings is 2. The van der Waals surface area contributed by atoms with E-state index in [2.05, 4.69) is 260 Å². The zero-order valence-electron chi connectivity index (χ0n) is 68.4. The topological polar surface area (TPSA) is 161 Å². The van der Waals surface area contributed by atoms with Gasteiger partial charge in [0.2, 0.25) is 0 Å². The van der Waals surface area contributed by atoms with Crippen molar-refractivity contribution < 1.29 is 0 Å². The van der Waals surface area contributed by atoms with E-state index in [0.717, 1.165) is 122 Å². The molecular weight excluding hydrogens is 1580 g/mol. The average molecular weight is 1650 g/mol. The highest BCUT2D eigenvalue weighted by atomic mass is 32.1. The number of hydrogen-bond donors (Lipinski definition) is 0. The van der Waals surface area contributed by atoms with Gasteiger partial charge in [0.25, 0.3) is 0 Å². The number of nitrogens with zero attached hydrogens (tertiary/aromatic N) is 12. The van der Waals surface area contributed by atoms with Crippen molar-refractivity contribution in [2.24, 2.45) is 0 Å². The zero-order valence-corrected chi connectivity index (χ0v) is 70.0. The molecule has 0 spiro atoms. The minimum atomic E-state index is -0.674. The first-order valence-electron chi connectivity index (χ1n) is 42.3. The zero-order chi connectivity index (χ0) is 84.1. The molecule has 0 bridgehead atoms. The molecule has 0 fully saturated rings. The molecule has 2 aliphatic rings. The normalized spacial score (nSPS) is 14.2. The second-order valence-corrected chi connectivity index (χ2v) is 34.0. The van der Waals surface area contributed by atoms with Crippen LogP contribution < -0.4 is 0 Å². The van der Waals surface area contributed by atoms with Gasteiger partial charge in [-0.25, -0.2) is 39.9 Å². The first-order chi connectivity index (χ1) is 62.2. The molecule has 6 heterocycles. The third kappa shape index (κ3) is 12.0. The van der Waals surface area contributed by atoms with E-state index in [4.69, 9.17) is 39.9 Å². The highest BCUT2D eigenvalue weighted by Gasteiger charge is 2.49. The first kappa shape index (κ1) is 74.9. The second-order valence-electron chi connectivity index (χ2n) is 31.9. The lowest BCUT2D eigenvalue weighted by Gasteiger charge is -2.34. The van der Waals surface area contributed by atoms with Crippen LogP contribution in [0.4, 0.5) is 0 Å². The number of hydrogen-bond acceptors (Lipinski definition) is 12. The summed E-state index contributed by atoms with van der Waals surface area (Å²) < 4.78 is 9.04. The lowest BCUT2D eigenvalue weighted by molar-refractivity contribution is 0.768. The molecule has 592 valence electrons. The van der Waals surface area contributed by atoms with Crippen LogP contribution in [-0.4, -0.2) is 49.0 Å². The Kier molecular flexibility index (Phi) is 18.1. The number of aryl methyl sites for hydroxylation is 2. The number of rotatable bonds is 14. The van der Waals surface area contributed by atoms with Crippen molar-refractivity contribution in [2.75, 3.05) is 0 Å². The fourth-order valence-electron chi connectivity index (χ4n) is 19.6. The summed E-state index contributed by atoms with van der Waals surface area (Å²) in [5, 5.41) is 25.2. The van der Waals surface area contributed by atoms with Gasteiger partial charge in [0, 0.05) is 97.9 Å². The van der Waals surface area contributed by atoms with E-state index in [9.17, 15) is 10.5 Å². The fraction of sp³-hybridized carbons (Fsp3) is 0.0536. The SMILES string of the molecule is CCc1nc2ccccc2n1-c1ccc(C2(c3ccccc3)c3ccc(-c4nc(-c5ccccc5)nc(-c5ccccc5)n4)cc3-c3c2ccc2sc4cc(C#N)ccc4c32)cc1.CCc1nc2ccccc2n1-c1ccc(C2(c3ccccc3)c3ccccc3-c3c2ccc2sc4cc(C#N)c(-c5nc(-c6ccccc6)nc(-c6ccccc6)n5)cc4c32)cc1. The largest absolute Gasteiger partial charge is 0.296 e. The Morgan fingerprint density at radius 1 is 0.286 bits per heavy atom. The van der Waals surface area contributed by atoms with Gasteiger partial charge in [-0.1, -0.05) is 299 Å². The van der Waals surface area contributed by atoms with Crippen molar-refractivity contribution in [3.05, 3.63) is 443 Å². The lowest BCUT2D eigenvalue weighted by Crippen LogP contribution is -2.28. The molecule has 6 aromatic heterocycles. The lowest BCUT2D eigenvalue weighted by atomic mass is 9.67. The number of benzene rings is 16. The molecule has 126 heavy (non-hydrogen) atoms. The van der Waals surface area contributed by atoms with Crippen LogP contribution in [0.25, 0.3) is 164 Å². The minimum absolute atomic E-state index is 0.462. The molecular formula is C112H72N12S2. The summed E-state index contributed by atoms with van der Waals surface area (Å²) >= 11 is 3.45. The van der Waals surface area contributed by atoms with E-state index in [1.807, 2.05) is 152 Å². The van der Waals surface area contributed by atoms with Crippen molar-refractivity contribution in [3.8, 4) is 114 Å². The van der Waals surface area contributed by atoms with Crippen LogP contribution in [0.1, 0.15) is 81.1 Å². The van der Waals surface area contributed by atoms with Gasteiger partial charge >= 0.3 is 0 Å². The van der Waals surface area contributed by atoms with Crippen molar-refractivity contribution in [2.45, 2.75) is 37.5 Å². The molecule has 0 aliphatic heterocycles. The fourth-order valence-corrected chi connectivity index (χ4v) is 21.9. The van der Waals surface area contributed by atoms with Gasteiger partial charge in [-0.15, -0.1) is 22.7 Å². The van der Waals surface area contributed by atoms with E-state index in [1.165, 1.54) is 71.1 Å². The molecule has 0 N–H and O–H groups in total. The van der Waals surface area contributed by atoms with Crippen LogP contribution in [0, 0.1) is 22.7 Å². The average Bonchev–Trinajstić information content (AvgIpc) is 1.52. The van der Waals surface area contributed by atoms with E-state index >= 15 is 0 Å². The summed E-state index contributed by atoms with van der Waals surface area (Å²) in [6.07, 6.45) is 1.64. The van der Waals surface area contributed by atoms with Gasteiger partial charge in [-0.05, 0) is 158 Å². The van der Waals surface area contributed by atoms with Crippen molar-refractivity contribution in [1.29, 1.82) is 10.5 Å². The van der Waals surface area contributed by atoms with Gasteiger partial charge in [0.15, 0.2) is 34.9 Å². The quantitative estimate of drug-likeness (QED) is 0.102. The summed E-state index contributed by atoms with van der Waals surface area (Å²) in [7, 11) is 0. The van der Waals surface area contributed by atoms with Crippen LogP contribution in [0.15, 0.2) is 376 Å². The maximum Gasteiger partial charge on any atom is 0.165 e. The van der Waals surface area contributed by atoms with Crippen molar-refractivity contribution in [3.63, 3.8) is 0 Å². The van der Waals surface area contributed by atoms with E-state index in [0.29, 0.717) is 51.6 Å². The van der Waals surface area contributed by atoms with Crippen LogP contribution in [0.5, 0.6) is 0 Å². The van der Waals surface area contributed by atoms with Gasteiger partial charge in [0.1, 0.15) is 11.6 Å². The maximum absolute atomic E-state index is 10.7. The Morgan fingerprint density at radius 3 is 1.14 bits per heavy atom. The molecule has 16 aromatic carbocycles. The van der Waals surface area contributed by atoms with E-state index in [-0.39, 0.29) is 0 Å². The molecule has 2 aliphatic carbocycles. The van der Waals surface area contributed by atoms with Crippen LogP contribution >= 0.6 is 22.7 Å². The van der Waals surface area contributed by atoms with Crippen LogP contribution in [0.2, 0.25) is 0 Å². The third-order valence-corrected chi connectivity index (χ3v) is 27.3. The molecule has 24 rings (SSSR count). The first-order valence-corrected chi connectivity index (χ1v) is 44.0. The van der Waals surface area contributed by atoms with Gasteiger partial charge in [-0.2, -0.15) is 10.5 Å². The maximum atomic E-state index is 10.7. The summed E-state index contributed by atoms with van der Waals surface area (Å²) in [6, 6.07) is 137. The Labute approximate surface area is 734 Å². The Balaban J connectivity index is 0.000000145. The smallest absolute Gasteiger partial charge is 0.165 e. The number of nitriles is 2. The van der Waals surface area contributed by atoms with Crippen LogP contribution in [-0.2, 0) is 23.7 Å². The highest BCUT2D eigenvalue weighted by molar-refractivity contribution is 7.26. The summed E-state index contributed by atoms with van der Waals surface area (Å²) in [5.74, 6) is 5.48. The predicted octanol–water partition coefficient (Wildman–Crippen LogP) is 26.8. The van der Waals surface area contributed by atoms with Gasteiger partial charge in [-0.3, -0.25) is 9.13 Å². The molecule has 0 saturated carbocycles. The molecule has 2 unspecified atom stereocenters. The van der Waals surface area contributed by atoms with Gasteiger partial charge in [0.05, 0.1) is 56.2 Å². The molecule has 0 radical (unpaired) electrons. The Bertz CT molecular complexity index is 8060. The number of fused-ring (bicyclic) bond motifs is 16. The number of thiophene rings is 2. The minimum Gasteiger partial charge on any atom is -0.296 e. The molecule has 14 heteroatoms. The standard InChI is InChI=1S/2C56H36N6S/c1-2-50-58-46-24-14-15-25-47(46)62(50)40-28-26-39(27-29-40)56(38-20-10-5-11-21-38)44-23-13-12-22-41(44)51-45(56)30-31-48-52(51)43-33-42(37(34-57)32-49(43)63-48)55-60-53(35-16-6-3-7-17-35)59-54(61-55)36-18-8-4-9-19-36;1-2-50-58-46-20-12-13-21-47(46)62(50)41-26-24-40(25-27-41)56(39-18-10-5-11-19-39)44-29-23-38(55-60-53(36-14-6-3-7-15-36)59-54(61-55)37-16-8-4-9-17-37)33-43(44)51-45(56)30-31-48-52(51)42-28-22-35(34-57)32-49(42)63-48/h2*3-33H,2H2,1H3. The van der Waals surface area contributed by atoms with E-state index in [1.54, 1.807) is 22.7 Å². The molecule has 22 aromatic rings. The van der Waals surface area contributed by atoms with Crippen LogP contribution in [0.3, 0.4) is 0 Å². The second kappa shape index (κ2) is 30.5. The summed E-state index contributed by atoms with van der Waals surface area (Å²) in [4.78, 5) is 40.4. The monoisotopic (exact) mass is 1650 g/mol. The highest BCUT2D eigenvalue weighted by Crippen LogP contribution is 2.62. The Hall–Kier alpha value is -16.1. The molecule has 12 nitrogen and oxygen atoms in total. The molecule has 2 atom stereocenters. The summed E-state index contributed by atoms with van der Waals surface area (Å²) in [5.41, 5.74) is 25.7. The van der Waals surface area contributed by atoms with E-state index < -0.39 is 10.8 Å². The molecule has 0 saturated heterocycles. The van der Waals surface area contributed by atoms with Crippen molar-refractivity contribution >= 4 is 85.1 Å². The van der Waals surface area contributed by atoms with Gasteiger partial charge < -0.3 is 0 Å². The van der Waals surface area contributed by atoms with Crippen molar-refractivity contribution in [1.82, 2.24) is 49.0 Å².